The van der Waals surface area contributed by atoms with Gasteiger partial charge in [-0.15, -0.1) is 0 Å². The molecule has 2 aromatic carbocycles. The second kappa shape index (κ2) is 19.6. The van der Waals surface area contributed by atoms with E-state index in [-0.39, 0.29) is 21.8 Å². The van der Waals surface area contributed by atoms with Gasteiger partial charge in [0.05, 0.1) is 17.3 Å². The molecule has 0 aliphatic rings. The summed E-state index contributed by atoms with van der Waals surface area (Å²) in [5.41, 5.74) is 0.473. The van der Waals surface area contributed by atoms with Gasteiger partial charge in [-0.1, -0.05) is 104 Å². The number of unbranched alkanes of at least 4 members (excludes halogenated alkanes) is 14. The molecule has 0 fully saturated rings. The van der Waals surface area contributed by atoms with E-state index < -0.39 is 21.4 Å². The second-order valence-corrected chi connectivity index (χ2v) is 12.9. The SMILES string of the molecule is CCCCCCCCCCCCOc1ccc(C(=O)C(=O)c2ccc(S(=O)(=O)CCCCCCCC)cc2)cc1. The number of carbonyl (C=O) groups excluding carboxylic acids is 2. The monoisotopic (exact) mass is 570 g/mol. The molecule has 0 atom stereocenters. The highest BCUT2D eigenvalue weighted by Crippen LogP contribution is 2.19. The van der Waals surface area contributed by atoms with Gasteiger partial charge in [0.25, 0.3) is 0 Å². The Morgan fingerprint density at radius 2 is 0.950 bits per heavy atom. The third-order valence-corrected chi connectivity index (χ3v) is 9.15. The zero-order chi connectivity index (χ0) is 29.1. The van der Waals surface area contributed by atoms with E-state index in [1.165, 1.54) is 82.1 Å². The number of hydrogen-bond donors (Lipinski definition) is 0. The molecule has 0 aromatic heterocycles. The van der Waals surface area contributed by atoms with Crippen molar-refractivity contribution >= 4 is 21.4 Å². The Hall–Kier alpha value is -2.47. The molecule has 222 valence electrons. The van der Waals surface area contributed by atoms with Gasteiger partial charge < -0.3 is 4.74 Å². The molecule has 2 aromatic rings. The number of Topliss-reactive ketones (excluding diaryl/α,β-unsaturated/α-hetero) is 2. The third-order valence-electron chi connectivity index (χ3n) is 7.33. The normalized spacial score (nSPS) is 11.4. The molecular formula is C34H50O5S. The maximum Gasteiger partial charge on any atom is 0.233 e. The number of hydrogen-bond acceptors (Lipinski definition) is 5. The smallest absolute Gasteiger partial charge is 0.233 e. The first-order valence-corrected chi connectivity index (χ1v) is 17.2. The lowest BCUT2D eigenvalue weighted by Crippen LogP contribution is -2.15. The van der Waals surface area contributed by atoms with Crippen LogP contribution < -0.4 is 4.74 Å². The lowest BCUT2D eigenvalue weighted by Gasteiger charge is -2.08. The lowest BCUT2D eigenvalue weighted by atomic mass is 10.0. The van der Waals surface area contributed by atoms with Crippen LogP contribution in [-0.4, -0.2) is 32.3 Å². The minimum atomic E-state index is -3.40. The zero-order valence-corrected chi connectivity index (χ0v) is 25.6. The molecule has 0 bridgehead atoms. The molecule has 40 heavy (non-hydrogen) atoms. The molecule has 0 N–H and O–H groups in total. The van der Waals surface area contributed by atoms with Crippen molar-refractivity contribution in [2.24, 2.45) is 0 Å². The summed E-state index contributed by atoms with van der Waals surface area (Å²) in [6.45, 7) is 5.03. The van der Waals surface area contributed by atoms with E-state index in [4.69, 9.17) is 4.74 Å². The molecule has 6 heteroatoms. The molecule has 2 rings (SSSR count). The van der Waals surface area contributed by atoms with E-state index in [0.717, 1.165) is 38.5 Å². The van der Waals surface area contributed by atoms with Crippen LogP contribution >= 0.6 is 0 Å². The van der Waals surface area contributed by atoms with Crippen molar-refractivity contribution in [2.75, 3.05) is 12.4 Å². The summed E-state index contributed by atoms with van der Waals surface area (Å²) in [5, 5.41) is 0. The van der Waals surface area contributed by atoms with Gasteiger partial charge in [-0.2, -0.15) is 0 Å². The Kier molecular flexibility index (Phi) is 16.5. The summed E-state index contributed by atoms with van der Waals surface area (Å²) in [6, 6.07) is 12.4. The molecule has 0 amide bonds. The van der Waals surface area contributed by atoms with Crippen molar-refractivity contribution in [1.82, 2.24) is 0 Å². The number of sulfone groups is 1. The number of ether oxygens (including phenoxy) is 1. The van der Waals surface area contributed by atoms with Crippen LogP contribution in [0.1, 0.15) is 137 Å². The molecule has 0 aliphatic carbocycles. The van der Waals surface area contributed by atoms with Crippen molar-refractivity contribution < 1.29 is 22.7 Å². The predicted octanol–water partition coefficient (Wildman–Crippen LogP) is 9.19. The molecule has 0 saturated carbocycles. The van der Waals surface area contributed by atoms with Gasteiger partial charge in [0.1, 0.15) is 5.75 Å². The van der Waals surface area contributed by atoms with Gasteiger partial charge in [-0.3, -0.25) is 9.59 Å². The summed E-state index contributed by atoms with van der Waals surface area (Å²) >= 11 is 0. The maximum absolute atomic E-state index is 12.7. The van der Waals surface area contributed by atoms with Crippen LogP contribution in [0.15, 0.2) is 53.4 Å². The average Bonchev–Trinajstić information content (AvgIpc) is 2.97. The topological polar surface area (TPSA) is 77.5 Å². The average molecular weight is 571 g/mol. The summed E-state index contributed by atoms with van der Waals surface area (Å²) in [7, 11) is -3.40. The maximum atomic E-state index is 12.7. The van der Waals surface area contributed by atoms with Crippen LogP contribution in [0.3, 0.4) is 0 Å². The Morgan fingerprint density at radius 3 is 1.43 bits per heavy atom. The van der Waals surface area contributed by atoms with Crippen LogP contribution in [0.4, 0.5) is 0 Å². The van der Waals surface area contributed by atoms with Crippen LogP contribution in [0.5, 0.6) is 5.75 Å². The second-order valence-electron chi connectivity index (χ2n) is 10.8. The Labute approximate surface area is 243 Å². The van der Waals surface area contributed by atoms with Crippen LogP contribution in [0.25, 0.3) is 0 Å². The van der Waals surface area contributed by atoms with E-state index in [2.05, 4.69) is 13.8 Å². The van der Waals surface area contributed by atoms with E-state index in [9.17, 15) is 18.0 Å². The van der Waals surface area contributed by atoms with Gasteiger partial charge in [0.15, 0.2) is 9.84 Å². The Bertz CT molecular complexity index is 1090. The predicted molar refractivity (Wildman–Crippen MR) is 164 cm³/mol. The summed E-state index contributed by atoms with van der Waals surface area (Å²) in [5.74, 6) is -0.499. The van der Waals surface area contributed by atoms with Gasteiger partial charge in [-0.05, 0) is 61.4 Å². The number of ketones is 2. The minimum Gasteiger partial charge on any atom is -0.494 e. The number of rotatable bonds is 23. The van der Waals surface area contributed by atoms with Crippen LogP contribution in [-0.2, 0) is 9.84 Å². The van der Waals surface area contributed by atoms with Crippen molar-refractivity contribution in [3.63, 3.8) is 0 Å². The molecule has 0 aliphatic heterocycles. The summed E-state index contributed by atoms with van der Waals surface area (Å²) in [6.07, 6.45) is 18.7. The standard InChI is InChI=1S/C34H50O5S/c1-3-5-7-9-11-12-13-14-15-17-27-39-31-23-19-29(20-24-31)33(35)34(36)30-21-25-32(26-22-30)40(37,38)28-18-16-10-8-6-4-2/h19-26H,3-18,27-28H2,1-2H3. The Morgan fingerprint density at radius 1 is 0.550 bits per heavy atom. The van der Waals surface area contributed by atoms with Gasteiger partial charge in [0, 0.05) is 11.1 Å². The fourth-order valence-electron chi connectivity index (χ4n) is 4.75. The van der Waals surface area contributed by atoms with Crippen LogP contribution in [0, 0.1) is 0 Å². The summed E-state index contributed by atoms with van der Waals surface area (Å²) in [4.78, 5) is 25.7. The van der Waals surface area contributed by atoms with E-state index in [0.29, 0.717) is 18.8 Å². The van der Waals surface area contributed by atoms with Gasteiger partial charge in [0.2, 0.25) is 11.6 Å². The molecule has 5 nitrogen and oxygen atoms in total. The fourth-order valence-corrected chi connectivity index (χ4v) is 6.12. The first kappa shape index (κ1) is 33.7. The highest BCUT2D eigenvalue weighted by Gasteiger charge is 2.20. The number of benzene rings is 2. The highest BCUT2D eigenvalue weighted by molar-refractivity contribution is 7.91. The fraction of sp³-hybridized carbons (Fsp3) is 0.588. The quantitative estimate of drug-likeness (QED) is 0.0756. The van der Waals surface area contributed by atoms with E-state index in [1.54, 1.807) is 24.3 Å². The number of carbonyl (C=O) groups is 2. The summed E-state index contributed by atoms with van der Waals surface area (Å²) < 4.78 is 31.0. The lowest BCUT2D eigenvalue weighted by molar-refractivity contribution is 0.0817. The first-order chi connectivity index (χ1) is 19.4. The third kappa shape index (κ3) is 12.8. The van der Waals surface area contributed by atoms with Crippen molar-refractivity contribution in [2.45, 2.75) is 121 Å². The van der Waals surface area contributed by atoms with E-state index in [1.807, 2.05) is 0 Å². The largest absolute Gasteiger partial charge is 0.494 e. The minimum absolute atomic E-state index is 0.0962. The van der Waals surface area contributed by atoms with E-state index >= 15 is 0 Å². The van der Waals surface area contributed by atoms with Gasteiger partial charge in [-0.25, -0.2) is 8.42 Å². The molecule has 0 radical (unpaired) electrons. The molecular weight excluding hydrogens is 520 g/mol. The van der Waals surface area contributed by atoms with Crippen molar-refractivity contribution in [1.29, 1.82) is 0 Å². The molecule has 0 spiro atoms. The van der Waals surface area contributed by atoms with Crippen molar-refractivity contribution in [3.05, 3.63) is 59.7 Å². The molecule has 0 heterocycles. The van der Waals surface area contributed by atoms with Gasteiger partial charge >= 0.3 is 0 Å². The highest BCUT2D eigenvalue weighted by atomic mass is 32.2. The molecule has 0 saturated heterocycles. The molecule has 0 unspecified atom stereocenters. The first-order valence-electron chi connectivity index (χ1n) is 15.5. The zero-order valence-electron chi connectivity index (χ0n) is 24.8. The Balaban J connectivity index is 1.73. The van der Waals surface area contributed by atoms with Crippen molar-refractivity contribution in [3.8, 4) is 5.75 Å². The van der Waals surface area contributed by atoms with Crippen LogP contribution in [0.2, 0.25) is 0 Å².